The van der Waals surface area contributed by atoms with Gasteiger partial charge in [0.15, 0.2) is 0 Å². The fourth-order valence-corrected chi connectivity index (χ4v) is 2.90. The lowest BCUT2D eigenvalue weighted by atomic mass is 10.0. The summed E-state index contributed by atoms with van der Waals surface area (Å²) in [7, 11) is 0. The second kappa shape index (κ2) is 4.94. The molecule has 4 unspecified atom stereocenters. The van der Waals surface area contributed by atoms with E-state index in [1.165, 1.54) is 0 Å². The molecule has 98 valence electrons. The third-order valence-electron chi connectivity index (χ3n) is 3.92. The number of nitrogens with one attached hydrogen (secondary N) is 1. The first-order valence-corrected chi connectivity index (χ1v) is 6.72. The third kappa shape index (κ3) is 2.33. The average molecular weight is 240 g/mol. The maximum absolute atomic E-state index is 12.2. The van der Waals surface area contributed by atoms with Gasteiger partial charge in [0.05, 0.1) is 24.4 Å². The summed E-state index contributed by atoms with van der Waals surface area (Å²) in [5.74, 6) is 0.638. The largest absolute Gasteiger partial charge is 0.376 e. The molecule has 0 aromatic heterocycles. The molecule has 0 bridgehead atoms. The molecule has 2 aliphatic rings. The third-order valence-corrected chi connectivity index (χ3v) is 3.92. The van der Waals surface area contributed by atoms with Gasteiger partial charge in [-0.05, 0) is 32.6 Å². The minimum Gasteiger partial charge on any atom is -0.376 e. The van der Waals surface area contributed by atoms with Crippen LogP contribution in [0.4, 0.5) is 0 Å². The second-order valence-corrected chi connectivity index (χ2v) is 5.61. The highest BCUT2D eigenvalue weighted by Gasteiger charge is 2.43. The Labute approximate surface area is 104 Å². The van der Waals surface area contributed by atoms with E-state index in [0.717, 1.165) is 19.4 Å². The van der Waals surface area contributed by atoms with E-state index < -0.39 is 0 Å². The Hall–Kier alpha value is -0.610. The molecule has 2 rings (SSSR count). The topological polar surface area (TPSA) is 41.6 Å². The van der Waals surface area contributed by atoms with Crippen LogP contribution in [0.5, 0.6) is 0 Å². The van der Waals surface area contributed by atoms with Gasteiger partial charge in [0.2, 0.25) is 5.91 Å². The van der Waals surface area contributed by atoms with Crippen molar-refractivity contribution in [3.8, 4) is 0 Å². The lowest BCUT2D eigenvalue weighted by Gasteiger charge is -2.35. The summed E-state index contributed by atoms with van der Waals surface area (Å²) in [5.41, 5.74) is 0. The molecule has 2 saturated heterocycles. The van der Waals surface area contributed by atoms with E-state index in [1.807, 2.05) is 11.8 Å². The first-order valence-electron chi connectivity index (χ1n) is 6.72. The van der Waals surface area contributed by atoms with E-state index in [0.29, 0.717) is 5.92 Å². The zero-order valence-corrected chi connectivity index (χ0v) is 11.3. The van der Waals surface area contributed by atoms with Crippen LogP contribution in [0.3, 0.4) is 0 Å². The Morgan fingerprint density at radius 2 is 2.12 bits per heavy atom. The van der Waals surface area contributed by atoms with Crippen LogP contribution in [0, 0.1) is 5.92 Å². The van der Waals surface area contributed by atoms with E-state index in [9.17, 15) is 4.79 Å². The van der Waals surface area contributed by atoms with Gasteiger partial charge in [0.1, 0.15) is 0 Å². The first kappa shape index (κ1) is 12.8. The van der Waals surface area contributed by atoms with Crippen LogP contribution in [0.1, 0.15) is 40.5 Å². The van der Waals surface area contributed by atoms with Gasteiger partial charge in [-0.1, -0.05) is 13.8 Å². The molecule has 2 heterocycles. The van der Waals surface area contributed by atoms with Gasteiger partial charge in [-0.2, -0.15) is 0 Å². The molecule has 1 N–H and O–H groups in total. The number of rotatable bonds is 3. The lowest BCUT2D eigenvalue weighted by Crippen LogP contribution is -2.50. The predicted molar refractivity (Wildman–Crippen MR) is 66.5 cm³/mol. The summed E-state index contributed by atoms with van der Waals surface area (Å²) in [6, 6.07) is 0.112. The summed E-state index contributed by atoms with van der Waals surface area (Å²) < 4.78 is 5.72. The molecule has 0 saturated carbocycles. The van der Waals surface area contributed by atoms with Crippen molar-refractivity contribution in [1.29, 1.82) is 0 Å². The molecule has 0 aliphatic carbocycles. The summed E-state index contributed by atoms with van der Waals surface area (Å²) in [5, 5.41) is 3.38. The molecule has 4 nitrogen and oxygen atoms in total. The van der Waals surface area contributed by atoms with Gasteiger partial charge in [0.25, 0.3) is 0 Å². The molecular formula is C13H24N2O2. The fraction of sp³-hybridized carbons (Fsp3) is 0.923. The first-order chi connectivity index (χ1) is 8.02. The summed E-state index contributed by atoms with van der Waals surface area (Å²) in [4.78, 5) is 14.2. The van der Waals surface area contributed by atoms with Crippen molar-refractivity contribution in [1.82, 2.24) is 10.2 Å². The van der Waals surface area contributed by atoms with Crippen molar-refractivity contribution in [2.24, 2.45) is 5.92 Å². The van der Waals surface area contributed by atoms with Gasteiger partial charge in [0, 0.05) is 6.61 Å². The SMILES string of the molecule is CC1NC(C(C)C)N(C(C)C2CCCO2)C1=O. The minimum absolute atomic E-state index is 0.0637. The van der Waals surface area contributed by atoms with Crippen molar-refractivity contribution in [3.05, 3.63) is 0 Å². The Morgan fingerprint density at radius 3 is 2.65 bits per heavy atom. The van der Waals surface area contributed by atoms with Gasteiger partial charge < -0.3 is 9.64 Å². The highest BCUT2D eigenvalue weighted by Crippen LogP contribution is 2.26. The molecule has 2 aliphatic heterocycles. The van der Waals surface area contributed by atoms with Crippen LogP contribution in [0.2, 0.25) is 0 Å². The maximum Gasteiger partial charge on any atom is 0.241 e. The van der Waals surface area contributed by atoms with E-state index in [2.05, 4.69) is 26.1 Å². The number of amides is 1. The zero-order valence-electron chi connectivity index (χ0n) is 11.3. The monoisotopic (exact) mass is 240 g/mol. The number of nitrogens with zero attached hydrogens (tertiary/aromatic N) is 1. The molecule has 2 fully saturated rings. The number of ether oxygens (including phenoxy) is 1. The molecular weight excluding hydrogens is 216 g/mol. The Kier molecular flexibility index (Phi) is 3.73. The molecule has 1 amide bonds. The van der Waals surface area contributed by atoms with Crippen molar-refractivity contribution in [3.63, 3.8) is 0 Å². The summed E-state index contributed by atoms with van der Waals surface area (Å²) in [6.07, 6.45) is 2.56. The molecule has 0 spiro atoms. The van der Waals surface area contributed by atoms with Crippen LogP contribution in [-0.4, -0.2) is 41.8 Å². The molecule has 17 heavy (non-hydrogen) atoms. The van der Waals surface area contributed by atoms with Gasteiger partial charge >= 0.3 is 0 Å². The standard InChI is InChI=1S/C13H24N2O2/c1-8(2)12-14-9(3)13(16)15(12)10(4)11-6-5-7-17-11/h8-12,14H,5-7H2,1-4H3. The van der Waals surface area contributed by atoms with Crippen LogP contribution in [0.15, 0.2) is 0 Å². The summed E-state index contributed by atoms with van der Waals surface area (Å²) in [6.45, 7) is 9.20. The Balaban J connectivity index is 2.12. The van der Waals surface area contributed by atoms with E-state index in [4.69, 9.17) is 4.74 Å². The normalized spacial score (nSPS) is 35.9. The van der Waals surface area contributed by atoms with Crippen molar-refractivity contribution in [2.45, 2.75) is 64.9 Å². The minimum atomic E-state index is -0.0637. The molecule has 4 heteroatoms. The number of carbonyl (C=O) groups excluding carboxylic acids is 1. The number of carbonyl (C=O) groups is 1. The van der Waals surface area contributed by atoms with Crippen LogP contribution in [0.25, 0.3) is 0 Å². The Morgan fingerprint density at radius 1 is 1.41 bits per heavy atom. The smallest absolute Gasteiger partial charge is 0.241 e. The predicted octanol–water partition coefficient (Wildman–Crippen LogP) is 1.36. The maximum atomic E-state index is 12.2. The van der Waals surface area contributed by atoms with Crippen LogP contribution in [-0.2, 0) is 9.53 Å². The number of hydrogen-bond acceptors (Lipinski definition) is 3. The van der Waals surface area contributed by atoms with Crippen molar-refractivity contribution < 1.29 is 9.53 Å². The molecule has 0 radical (unpaired) electrons. The van der Waals surface area contributed by atoms with Crippen molar-refractivity contribution in [2.75, 3.05) is 6.61 Å². The molecule has 4 atom stereocenters. The van der Waals surface area contributed by atoms with Gasteiger partial charge in [-0.25, -0.2) is 0 Å². The number of hydrogen-bond donors (Lipinski definition) is 1. The van der Waals surface area contributed by atoms with Crippen molar-refractivity contribution >= 4 is 5.91 Å². The van der Waals surface area contributed by atoms with Gasteiger partial charge in [-0.3, -0.25) is 10.1 Å². The van der Waals surface area contributed by atoms with Crippen LogP contribution >= 0.6 is 0 Å². The van der Waals surface area contributed by atoms with E-state index in [-0.39, 0.29) is 30.3 Å². The summed E-state index contributed by atoms with van der Waals surface area (Å²) >= 11 is 0. The highest BCUT2D eigenvalue weighted by atomic mass is 16.5. The van der Waals surface area contributed by atoms with Crippen LogP contribution < -0.4 is 5.32 Å². The highest BCUT2D eigenvalue weighted by molar-refractivity contribution is 5.84. The van der Waals surface area contributed by atoms with E-state index in [1.54, 1.807) is 0 Å². The fourth-order valence-electron chi connectivity index (χ4n) is 2.90. The molecule has 0 aromatic carbocycles. The zero-order chi connectivity index (χ0) is 12.6. The average Bonchev–Trinajstić information content (AvgIpc) is 2.88. The van der Waals surface area contributed by atoms with Gasteiger partial charge in [-0.15, -0.1) is 0 Å². The second-order valence-electron chi connectivity index (χ2n) is 5.61. The molecule has 0 aromatic rings. The quantitative estimate of drug-likeness (QED) is 0.810. The lowest BCUT2D eigenvalue weighted by molar-refractivity contribution is -0.135. The Bertz CT molecular complexity index is 287. The van der Waals surface area contributed by atoms with E-state index >= 15 is 0 Å².